The number of nitrogens with zero attached hydrogens (tertiary/aromatic N) is 6. The molecule has 0 bridgehead atoms. The third-order valence-corrected chi connectivity index (χ3v) is 6.10. The Morgan fingerprint density at radius 3 is 2.57 bits per heavy atom. The molecule has 9 nitrogen and oxygen atoms in total. The molecule has 2 aliphatic rings. The fraction of sp³-hybridized carbons (Fsp3) is 0.571. The first kappa shape index (κ1) is 20.3. The predicted molar refractivity (Wildman–Crippen MR) is 115 cm³/mol. The Bertz CT molecular complexity index is 964. The number of carbonyl (C=O) groups excluding carboxylic acids is 1. The van der Waals surface area contributed by atoms with Crippen LogP contribution in [0.3, 0.4) is 0 Å². The number of H-pyrrole nitrogens is 1. The van der Waals surface area contributed by atoms with Crippen molar-refractivity contribution in [1.29, 1.82) is 0 Å². The number of rotatable bonds is 5. The van der Waals surface area contributed by atoms with E-state index in [0.717, 1.165) is 60.9 Å². The van der Waals surface area contributed by atoms with Gasteiger partial charge in [0.05, 0.1) is 0 Å². The van der Waals surface area contributed by atoms with E-state index in [0.29, 0.717) is 19.5 Å². The molecule has 9 heteroatoms. The number of anilines is 2. The maximum Gasteiger partial charge on any atom is 0.267 e. The quantitative estimate of drug-likeness (QED) is 0.785. The number of aryl methyl sites for hydroxylation is 1. The minimum absolute atomic E-state index is 0.117. The largest absolute Gasteiger partial charge is 0.352 e. The van der Waals surface area contributed by atoms with E-state index in [1.54, 1.807) is 0 Å². The van der Waals surface area contributed by atoms with Crippen molar-refractivity contribution in [3.05, 3.63) is 39.4 Å². The van der Waals surface area contributed by atoms with Crippen LogP contribution >= 0.6 is 0 Å². The van der Waals surface area contributed by atoms with Gasteiger partial charge in [0.25, 0.3) is 5.56 Å². The Morgan fingerprint density at radius 1 is 1.17 bits per heavy atom. The Hall–Kier alpha value is -2.97. The van der Waals surface area contributed by atoms with Gasteiger partial charge in [-0.15, -0.1) is 0 Å². The van der Waals surface area contributed by atoms with E-state index in [1.807, 2.05) is 31.1 Å². The number of aromatic nitrogens is 4. The second-order valence-corrected chi connectivity index (χ2v) is 8.26. The molecule has 4 heterocycles. The summed E-state index contributed by atoms with van der Waals surface area (Å²) >= 11 is 0. The number of piperazine rings is 1. The molecule has 4 rings (SSSR count). The Balaban J connectivity index is 1.27. The molecule has 1 N–H and O–H groups in total. The molecule has 30 heavy (non-hydrogen) atoms. The fourth-order valence-electron chi connectivity index (χ4n) is 4.25. The average Bonchev–Trinajstić information content (AvgIpc) is 3.07. The van der Waals surface area contributed by atoms with Crippen molar-refractivity contribution in [2.24, 2.45) is 0 Å². The lowest BCUT2D eigenvalue weighted by molar-refractivity contribution is -0.131. The highest BCUT2D eigenvalue weighted by Crippen LogP contribution is 2.30. The van der Waals surface area contributed by atoms with Gasteiger partial charge in [-0.25, -0.2) is 15.1 Å². The van der Waals surface area contributed by atoms with Crippen LogP contribution in [-0.4, -0.2) is 69.7 Å². The first-order chi connectivity index (χ1) is 14.4. The number of fused-ring (bicyclic) bond motifs is 1. The molecule has 1 unspecified atom stereocenters. The molecule has 1 fully saturated rings. The maximum absolute atomic E-state index is 12.7. The third-order valence-electron chi connectivity index (χ3n) is 6.10. The Labute approximate surface area is 176 Å². The number of carbonyl (C=O) groups is 1. The topological polar surface area (TPSA) is 98.3 Å². The number of amides is 1. The van der Waals surface area contributed by atoms with E-state index in [1.165, 1.54) is 0 Å². The molecule has 1 atom stereocenters. The summed E-state index contributed by atoms with van der Waals surface area (Å²) < 4.78 is 0. The second kappa shape index (κ2) is 8.41. The van der Waals surface area contributed by atoms with Gasteiger partial charge in [0, 0.05) is 68.7 Å². The summed E-state index contributed by atoms with van der Waals surface area (Å²) in [6.45, 7) is 9.61. The van der Waals surface area contributed by atoms with Crippen LogP contribution in [0.1, 0.15) is 36.5 Å². The van der Waals surface area contributed by atoms with E-state index >= 15 is 0 Å². The summed E-state index contributed by atoms with van der Waals surface area (Å²) in [7, 11) is 0. The van der Waals surface area contributed by atoms with Crippen LogP contribution in [0.25, 0.3) is 0 Å². The molecule has 2 aliphatic heterocycles. The van der Waals surface area contributed by atoms with Gasteiger partial charge in [0.15, 0.2) is 5.82 Å². The normalized spacial score (nSPS) is 18.6. The van der Waals surface area contributed by atoms with Crippen molar-refractivity contribution in [3.8, 4) is 0 Å². The Kier molecular flexibility index (Phi) is 5.69. The number of hydrogen-bond donors (Lipinski definition) is 1. The van der Waals surface area contributed by atoms with E-state index in [-0.39, 0.29) is 17.5 Å². The van der Waals surface area contributed by atoms with Gasteiger partial charge in [0.1, 0.15) is 0 Å². The number of aromatic amines is 1. The number of hydrogen-bond acceptors (Lipinski definition) is 7. The summed E-state index contributed by atoms with van der Waals surface area (Å²) in [5, 5.41) is 6.84. The van der Waals surface area contributed by atoms with Crippen molar-refractivity contribution >= 4 is 17.7 Å². The van der Waals surface area contributed by atoms with Crippen LogP contribution < -0.4 is 15.4 Å². The van der Waals surface area contributed by atoms with E-state index in [2.05, 4.69) is 36.9 Å². The maximum atomic E-state index is 12.7. The summed E-state index contributed by atoms with van der Waals surface area (Å²) in [6.07, 6.45) is 5.76. The molecule has 0 radical (unpaired) electrons. The van der Waals surface area contributed by atoms with Crippen LogP contribution in [-0.2, 0) is 11.2 Å². The molecular formula is C21H29N7O2. The van der Waals surface area contributed by atoms with Gasteiger partial charge in [0.2, 0.25) is 11.9 Å². The molecule has 0 saturated carbocycles. The summed E-state index contributed by atoms with van der Waals surface area (Å²) in [6, 6.07) is 0.287. The van der Waals surface area contributed by atoms with Crippen LogP contribution in [0.5, 0.6) is 0 Å². The first-order valence-corrected chi connectivity index (χ1v) is 10.6. The highest BCUT2D eigenvalue weighted by molar-refractivity contribution is 5.76. The van der Waals surface area contributed by atoms with Crippen molar-refractivity contribution < 1.29 is 4.79 Å². The van der Waals surface area contributed by atoms with Crippen LogP contribution in [0.4, 0.5) is 11.8 Å². The van der Waals surface area contributed by atoms with E-state index in [4.69, 9.17) is 0 Å². The number of nitrogens with one attached hydrogen (secondary N) is 1. The molecule has 160 valence electrons. The lowest BCUT2D eigenvalue weighted by Crippen LogP contribution is -2.49. The Morgan fingerprint density at radius 2 is 1.87 bits per heavy atom. The lowest BCUT2D eigenvalue weighted by Gasteiger charge is -2.35. The van der Waals surface area contributed by atoms with Crippen molar-refractivity contribution in [3.63, 3.8) is 0 Å². The van der Waals surface area contributed by atoms with Crippen molar-refractivity contribution in [2.45, 2.75) is 46.1 Å². The van der Waals surface area contributed by atoms with E-state index < -0.39 is 0 Å². The highest BCUT2D eigenvalue weighted by Gasteiger charge is 2.30. The molecule has 0 aromatic carbocycles. The van der Waals surface area contributed by atoms with Gasteiger partial charge in [-0.3, -0.25) is 9.59 Å². The molecule has 1 saturated heterocycles. The van der Waals surface area contributed by atoms with E-state index in [9.17, 15) is 9.59 Å². The smallest absolute Gasteiger partial charge is 0.267 e. The van der Waals surface area contributed by atoms with Gasteiger partial charge in [-0.1, -0.05) is 0 Å². The first-order valence-electron chi connectivity index (χ1n) is 10.6. The standard InChI is InChI=1S/C21H29N7O2/c1-14-12-22-21(23-13-14)27-9-7-26(8-10-27)18(29)5-4-6-28-15(2)11-17-16(3)20(30)25-24-19(17)28/h12-13,15H,4-11H2,1-3H3,(H,25,30). The van der Waals surface area contributed by atoms with Gasteiger partial charge < -0.3 is 14.7 Å². The SMILES string of the molecule is Cc1cnc(N2CCN(C(=O)CCCN3c4n[nH]c(=O)c(C)c4CC3C)CC2)nc1. The zero-order valence-corrected chi connectivity index (χ0v) is 17.9. The molecule has 0 spiro atoms. The predicted octanol–water partition coefficient (Wildman–Crippen LogP) is 1.06. The van der Waals surface area contributed by atoms with Crippen molar-refractivity contribution in [2.75, 3.05) is 42.5 Å². The van der Waals surface area contributed by atoms with Gasteiger partial charge in [-0.05, 0) is 39.2 Å². The van der Waals surface area contributed by atoms with Gasteiger partial charge in [-0.2, -0.15) is 5.10 Å². The average molecular weight is 412 g/mol. The van der Waals surface area contributed by atoms with Crippen LogP contribution in [0, 0.1) is 13.8 Å². The van der Waals surface area contributed by atoms with Crippen LogP contribution in [0.2, 0.25) is 0 Å². The van der Waals surface area contributed by atoms with Crippen LogP contribution in [0.15, 0.2) is 17.2 Å². The molecule has 1 amide bonds. The highest BCUT2D eigenvalue weighted by atomic mass is 16.2. The molecule has 0 aliphatic carbocycles. The van der Waals surface area contributed by atoms with Gasteiger partial charge >= 0.3 is 0 Å². The lowest BCUT2D eigenvalue weighted by atomic mass is 10.1. The second-order valence-electron chi connectivity index (χ2n) is 8.26. The molecule has 2 aromatic rings. The monoisotopic (exact) mass is 411 g/mol. The minimum atomic E-state index is -0.117. The molecule has 2 aromatic heterocycles. The molecular weight excluding hydrogens is 382 g/mol. The summed E-state index contributed by atoms with van der Waals surface area (Å²) in [4.78, 5) is 39.5. The summed E-state index contributed by atoms with van der Waals surface area (Å²) in [5.74, 6) is 1.78. The fourth-order valence-corrected chi connectivity index (χ4v) is 4.25. The van der Waals surface area contributed by atoms with Crippen molar-refractivity contribution in [1.82, 2.24) is 25.1 Å². The zero-order chi connectivity index (χ0) is 21.3. The zero-order valence-electron chi connectivity index (χ0n) is 17.9. The third kappa shape index (κ3) is 4.01. The minimum Gasteiger partial charge on any atom is -0.352 e. The summed E-state index contributed by atoms with van der Waals surface area (Å²) in [5.41, 5.74) is 2.71.